The molecule has 0 saturated carbocycles. The molecule has 27 heavy (non-hydrogen) atoms. The lowest BCUT2D eigenvalue weighted by Crippen LogP contribution is -2.33. The van der Waals surface area contributed by atoms with E-state index in [1.54, 1.807) is 30.5 Å². The fourth-order valence-electron chi connectivity index (χ4n) is 3.02. The first-order chi connectivity index (χ1) is 13.2. The number of amides is 1. The maximum atomic E-state index is 14.0. The highest BCUT2D eigenvalue weighted by Crippen LogP contribution is 2.33. The average Bonchev–Trinajstić information content (AvgIpc) is 3.33. The number of aromatic amines is 1. The molecule has 3 aromatic heterocycles. The first kappa shape index (κ1) is 17.4. The van der Waals surface area contributed by atoms with Crippen LogP contribution in [0.4, 0.5) is 4.39 Å². The third kappa shape index (κ3) is 3.34. The van der Waals surface area contributed by atoms with Crippen molar-refractivity contribution in [3.8, 4) is 10.4 Å². The first-order valence-electron chi connectivity index (χ1n) is 8.45. The molecule has 1 amide bonds. The van der Waals surface area contributed by atoms with Gasteiger partial charge in [-0.05, 0) is 30.3 Å². The Labute approximate surface area is 159 Å². The Kier molecular flexibility index (Phi) is 4.70. The number of nitrogens with zero attached hydrogens (tertiary/aromatic N) is 1. The molecule has 4 rings (SSSR count). The quantitative estimate of drug-likeness (QED) is 0.492. The summed E-state index contributed by atoms with van der Waals surface area (Å²) in [5.74, 6) is -0.658. The van der Waals surface area contributed by atoms with Crippen LogP contribution in [-0.4, -0.2) is 22.4 Å². The van der Waals surface area contributed by atoms with Crippen molar-refractivity contribution in [3.05, 3.63) is 77.2 Å². The summed E-state index contributed by atoms with van der Waals surface area (Å²) >= 11 is 1.37. The normalized spacial score (nSPS) is 12.2. The van der Waals surface area contributed by atoms with Crippen LogP contribution in [0.2, 0.25) is 0 Å². The predicted molar refractivity (Wildman–Crippen MR) is 105 cm³/mol. The van der Waals surface area contributed by atoms with Crippen molar-refractivity contribution in [1.29, 1.82) is 0 Å². The van der Waals surface area contributed by atoms with E-state index in [0.717, 1.165) is 21.5 Å². The van der Waals surface area contributed by atoms with E-state index in [0.29, 0.717) is 10.4 Å². The molecule has 0 radical (unpaired) electrons. The Morgan fingerprint density at radius 2 is 2.07 bits per heavy atom. The van der Waals surface area contributed by atoms with Crippen LogP contribution < -0.4 is 11.1 Å². The minimum Gasteiger partial charge on any atom is -0.345 e. The molecular formula is C20H17FN4OS. The molecule has 0 saturated heterocycles. The number of carbonyl (C=O) groups excluding carboxylic acids is 1. The zero-order chi connectivity index (χ0) is 18.8. The zero-order valence-corrected chi connectivity index (χ0v) is 15.1. The van der Waals surface area contributed by atoms with Gasteiger partial charge >= 0.3 is 0 Å². The number of thiophene rings is 1. The second-order valence-electron chi connectivity index (χ2n) is 6.05. The van der Waals surface area contributed by atoms with Crippen LogP contribution in [-0.2, 0) is 0 Å². The Hall–Kier alpha value is -3.03. The Morgan fingerprint density at radius 3 is 2.89 bits per heavy atom. The molecule has 0 aliphatic heterocycles. The lowest BCUT2D eigenvalue weighted by molar-refractivity contribution is 0.0941. The van der Waals surface area contributed by atoms with Gasteiger partial charge in [0.2, 0.25) is 0 Å². The fraction of sp³-hybridized carbons (Fsp3) is 0.100. The highest BCUT2D eigenvalue weighted by molar-refractivity contribution is 7.17. The second-order valence-corrected chi connectivity index (χ2v) is 7.13. The number of hydrogen-bond donors (Lipinski definition) is 3. The predicted octanol–water partition coefficient (Wildman–Crippen LogP) is 3.86. The van der Waals surface area contributed by atoms with Gasteiger partial charge in [-0.15, -0.1) is 11.3 Å². The summed E-state index contributed by atoms with van der Waals surface area (Å²) in [6.07, 6.45) is 3.61. The molecule has 1 aromatic carbocycles. The van der Waals surface area contributed by atoms with Gasteiger partial charge in [0.15, 0.2) is 0 Å². The van der Waals surface area contributed by atoms with Gasteiger partial charge < -0.3 is 16.0 Å². The Balaban J connectivity index is 1.58. The van der Waals surface area contributed by atoms with Gasteiger partial charge in [-0.1, -0.05) is 18.2 Å². The molecule has 4 N–H and O–H groups in total. The molecule has 3 heterocycles. The van der Waals surface area contributed by atoms with Crippen LogP contribution in [0.25, 0.3) is 21.5 Å². The standard InChI is InChI=1S/C20H17FN4OS/c21-15-6-2-1-4-13(15)16(10-22)25-20(26)18-8-7-17(27-18)14-11-24-19-12(14)5-3-9-23-19/h1-9,11,16H,10,22H2,(H,23,24)(H,25,26). The summed E-state index contributed by atoms with van der Waals surface area (Å²) in [6.45, 7) is 0.110. The number of carbonyl (C=O) groups is 1. The van der Waals surface area contributed by atoms with Crippen LogP contribution in [0.1, 0.15) is 21.3 Å². The van der Waals surface area contributed by atoms with Crippen molar-refractivity contribution < 1.29 is 9.18 Å². The summed E-state index contributed by atoms with van der Waals surface area (Å²) in [4.78, 5) is 21.6. The molecule has 1 atom stereocenters. The number of halogens is 1. The van der Waals surface area contributed by atoms with Gasteiger partial charge in [-0.3, -0.25) is 4.79 Å². The van der Waals surface area contributed by atoms with Crippen LogP contribution in [0, 0.1) is 5.82 Å². The SMILES string of the molecule is NCC(NC(=O)c1ccc(-c2c[nH]c3ncccc23)s1)c1ccccc1F. The van der Waals surface area contributed by atoms with Crippen molar-refractivity contribution >= 4 is 28.3 Å². The number of hydrogen-bond acceptors (Lipinski definition) is 4. The van der Waals surface area contributed by atoms with Gasteiger partial charge in [0.05, 0.1) is 10.9 Å². The number of rotatable bonds is 5. The van der Waals surface area contributed by atoms with Gasteiger partial charge in [0.25, 0.3) is 5.91 Å². The molecule has 0 spiro atoms. The van der Waals surface area contributed by atoms with E-state index in [4.69, 9.17) is 5.73 Å². The van der Waals surface area contributed by atoms with Gasteiger partial charge in [0.1, 0.15) is 11.5 Å². The second kappa shape index (κ2) is 7.30. The van der Waals surface area contributed by atoms with Gasteiger partial charge in [-0.25, -0.2) is 9.37 Å². The summed E-state index contributed by atoms with van der Waals surface area (Å²) < 4.78 is 14.0. The topological polar surface area (TPSA) is 83.8 Å². The molecule has 5 nitrogen and oxygen atoms in total. The molecular weight excluding hydrogens is 363 g/mol. The van der Waals surface area contributed by atoms with Crippen LogP contribution in [0.5, 0.6) is 0 Å². The maximum absolute atomic E-state index is 14.0. The summed E-state index contributed by atoms with van der Waals surface area (Å²) in [5.41, 5.74) is 7.93. The first-order valence-corrected chi connectivity index (χ1v) is 9.26. The van der Waals surface area contributed by atoms with E-state index in [9.17, 15) is 9.18 Å². The molecule has 0 aliphatic rings. The van der Waals surface area contributed by atoms with Crippen molar-refractivity contribution in [2.75, 3.05) is 6.54 Å². The minimum absolute atomic E-state index is 0.110. The smallest absolute Gasteiger partial charge is 0.261 e. The van der Waals surface area contributed by atoms with E-state index >= 15 is 0 Å². The summed E-state index contributed by atoms with van der Waals surface area (Å²) in [6, 6.07) is 13.3. The number of fused-ring (bicyclic) bond motifs is 1. The van der Waals surface area contributed by atoms with Crippen molar-refractivity contribution in [2.45, 2.75) is 6.04 Å². The number of pyridine rings is 1. The monoisotopic (exact) mass is 380 g/mol. The van der Waals surface area contributed by atoms with Crippen LogP contribution >= 0.6 is 11.3 Å². The Morgan fingerprint density at radius 1 is 1.22 bits per heavy atom. The lowest BCUT2D eigenvalue weighted by Gasteiger charge is -2.17. The van der Waals surface area contributed by atoms with E-state index in [2.05, 4.69) is 15.3 Å². The lowest BCUT2D eigenvalue weighted by atomic mass is 10.1. The van der Waals surface area contributed by atoms with Crippen molar-refractivity contribution in [2.24, 2.45) is 5.73 Å². The number of nitrogens with one attached hydrogen (secondary N) is 2. The molecule has 136 valence electrons. The van der Waals surface area contributed by atoms with Crippen molar-refractivity contribution in [1.82, 2.24) is 15.3 Å². The van der Waals surface area contributed by atoms with Gasteiger partial charge in [0, 0.05) is 40.3 Å². The minimum atomic E-state index is -0.582. The third-order valence-electron chi connectivity index (χ3n) is 4.37. The average molecular weight is 380 g/mol. The fourth-order valence-corrected chi connectivity index (χ4v) is 3.95. The van der Waals surface area contributed by atoms with Crippen LogP contribution in [0.15, 0.2) is 60.9 Å². The van der Waals surface area contributed by atoms with E-state index < -0.39 is 6.04 Å². The van der Waals surface area contributed by atoms with Gasteiger partial charge in [-0.2, -0.15) is 0 Å². The number of H-pyrrole nitrogens is 1. The largest absolute Gasteiger partial charge is 0.345 e. The number of aromatic nitrogens is 2. The van der Waals surface area contributed by atoms with Crippen LogP contribution in [0.3, 0.4) is 0 Å². The molecule has 1 unspecified atom stereocenters. The zero-order valence-electron chi connectivity index (χ0n) is 14.3. The summed E-state index contributed by atoms with van der Waals surface area (Å²) in [5, 5.41) is 3.82. The summed E-state index contributed by atoms with van der Waals surface area (Å²) in [7, 11) is 0. The van der Waals surface area contributed by atoms with E-state index in [1.165, 1.54) is 17.4 Å². The van der Waals surface area contributed by atoms with E-state index in [1.807, 2.05) is 24.4 Å². The molecule has 4 aromatic rings. The third-order valence-corrected chi connectivity index (χ3v) is 5.49. The maximum Gasteiger partial charge on any atom is 0.261 e. The highest BCUT2D eigenvalue weighted by atomic mass is 32.1. The van der Waals surface area contributed by atoms with Crippen molar-refractivity contribution in [3.63, 3.8) is 0 Å². The van der Waals surface area contributed by atoms with E-state index in [-0.39, 0.29) is 18.3 Å². The highest BCUT2D eigenvalue weighted by Gasteiger charge is 2.19. The number of benzene rings is 1. The molecule has 0 aliphatic carbocycles. The molecule has 7 heteroatoms. The number of nitrogens with two attached hydrogens (primary N) is 1. The molecule has 0 fully saturated rings. The molecule has 0 bridgehead atoms. The Bertz CT molecular complexity index is 1100.